The Kier molecular flexibility index (Phi) is 6.52. The lowest BCUT2D eigenvalue weighted by Crippen LogP contribution is -2.46. The van der Waals surface area contributed by atoms with Crippen molar-refractivity contribution >= 4 is 11.9 Å². The number of nitrogens with one attached hydrogen (secondary N) is 1. The SMILES string of the molecule is CCC1CCC(CNC(=O)N2CCC(CC(N)=O)CC2)CC1. The average molecular weight is 309 g/mol. The second-order valence-electron chi connectivity index (χ2n) is 7.08. The molecule has 0 spiro atoms. The zero-order valence-corrected chi connectivity index (χ0v) is 13.9. The first-order chi connectivity index (χ1) is 10.6. The summed E-state index contributed by atoms with van der Waals surface area (Å²) in [5.74, 6) is 1.67. The molecular weight excluding hydrogens is 278 g/mol. The lowest BCUT2D eigenvalue weighted by molar-refractivity contribution is -0.119. The first-order valence-electron chi connectivity index (χ1n) is 8.89. The predicted molar refractivity (Wildman–Crippen MR) is 87.2 cm³/mol. The summed E-state index contributed by atoms with van der Waals surface area (Å²) in [6.45, 7) is 4.57. The topological polar surface area (TPSA) is 75.4 Å². The molecule has 0 unspecified atom stereocenters. The number of hydrogen-bond donors (Lipinski definition) is 2. The van der Waals surface area contributed by atoms with Gasteiger partial charge in [-0.2, -0.15) is 0 Å². The van der Waals surface area contributed by atoms with E-state index in [1.54, 1.807) is 0 Å². The zero-order valence-electron chi connectivity index (χ0n) is 13.9. The highest BCUT2D eigenvalue weighted by Crippen LogP contribution is 2.30. The molecule has 0 aromatic heterocycles. The molecule has 1 saturated carbocycles. The molecule has 1 saturated heterocycles. The van der Waals surface area contributed by atoms with Gasteiger partial charge in [0.2, 0.25) is 5.91 Å². The summed E-state index contributed by atoms with van der Waals surface area (Å²) in [6.07, 6.45) is 8.65. The molecule has 5 nitrogen and oxygen atoms in total. The molecule has 3 N–H and O–H groups in total. The number of hydrogen-bond acceptors (Lipinski definition) is 2. The molecule has 3 amide bonds. The monoisotopic (exact) mass is 309 g/mol. The van der Waals surface area contributed by atoms with Crippen LogP contribution in [0.1, 0.15) is 58.3 Å². The van der Waals surface area contributed by atoms with Gasteiger partial charge in [-0.15, -0.1) is 0 Å². The van der Waals surface area contributed by atoms with Crippen molar-refractivity contribution in [1.29, 1.82) is 0 Å². The third kappa shape index (κ3) is 5.18. The van der Waals surface area contributed by atoms with Crippen LogP contribution in [0.15, 0.2) is 0 Å². The smallest absolute Gasteiger partial charge is 0.317 e. The summed E-state index contributed by atoms with van der Waals surface area (Å²) >= 11 is 0. The lowest BCUT2D eigenvalue weighted by atomic mass is 9.81. The molecule has 126 valence electrons. The highest BCUT2D eigenvalue weighted by Gasteiger charge is 2.25. The van der Waals surface area contributed by atoms with Crippen LogP contribution in [0.2, 0.25) is 0 Å². The normalized spacial score (nSPS) is 26.7. The van der Waals surface area contributed by atoms with E-state index in [9.17, 15) is 9.59 Å². The third-order valence-electron chi connectivity index (χ3n) is 5.48. The van der Waals surface area contributed by atoms with E-state index >= 15 is 0 Å². The second kappa shape index (κ2) is 8.39. The third-order valence-corrected chi connectivity index (χ3v) is 5.48. The maximum Gasteiger partial charge on any atom is 0.317 e. The summed E-state index contributed by atoms with van der Waals surface area (Å²) in [7, 11) is 0. The van der Waals surface area contributed by atoms with E-state index in [1.807, 2.05) is 4.90 Å². The van der Waals surface area contributed by atoms with Gasteiger partial charge in [0.25, 0.3) is 0 Å². The van der Waals surface area contributed by atoms with Crippen molar-refractivity contribution in [1.82, 2.24) is 10.2 Å². The van der Waals surface area contributed by atoms with Crippen molar-refractivity contribution in [3.05, 3.63) is 0 Å². The zero-order chi connectivity index (χ0) is 15.9. The molecule has 2 fully saturated rings. The molecule has 22 heavy (non-hydrogen) atoms. The van der Waals surface area contributed by atoms with Gasteiger partial charge in [-0.05, 0) is 43.4 Å². The fraction of sp³-hybridized carbons (Fsp3) is 0.882. The quantitative estimate of drug-likeness (QED) is 0.818. The molecule has 1 aliphatic heterocycles. The van der Waals surface area contributed by atoms with E-state index in [1.165, 1.54) is 32.1 Å². The number of urea groups is 1. The molecular formula is C17H31N3O2. The molecule has 0 atom stereocenters. The van der Waals surface area contributed by atoms with Gasteiger partial charge in [0, 0.05) is 26.1 Å². The number of carbonyl (C=O) groups is 2. The van der Waals surface area contributed by atoms with Crippen LogP contribution in [0.4, 0.5) is 4.79 Å². The first kappa shape index (κ1) is 17.1. The number of nitrogens with zero attached hydrogens (tertiary/aromatic N) is 1. The summed E-state index contributed by atoms with van der Waals surface area (Å²) in [5, 5.41) is 3.11. The van der Waals surface area contributed by atoms with Crippen molar-refractivity contribution in [3.8, 4) is 0 Å². The van der Waals surface area contributed by atoms with Gasteiger partial charge in [-0.25, -0.2) is 4.79 Å². The predicted octanol–water partition coefficient (Wildman–Crippen LogP) is 2.50. The number of primary amides is 1. The molecule has 0 aromatic rings. The summed E-state index contributed by atoms with van der Waals surface area (Å²) in [6, 6.07) is 0.0649. The number of carbonyl (C=O) groups excluding carboxylic acids is 2. The van der Waals surface area contributed by atoms with Gasteiger partial charge in [-0.1, -0.05) is 26.2 Å². The highest BCUT2D eigenvalue weighted by atomic mass is 16.2. The lowest BCUT2D eigenvalue weighted by Gasteiger charge is -2.33. The van der Waals surface area contributed by atoms with Gasteiger partial charge in [-0.3, -0.25) is 4.79 Å². The van der Waals surface area contributed by atoms with Crippen LogP contribution in [0.3, 0.4) is 0 Å². The second-order valence-corrected chi connectivity index (χ2v) is 7.08. The van der Waals surface area contributed by atoms with Crippen LogP contribution in [0.25, 0.3) is 0 Å². The van der Waals surface area contributed by atoms with Gasteiger partial charge < -0.3 is 16.0 Å². The minimum absolute atomic E-state index is 0.0649. The Morgan fingerprint density at radius 2 is 1.59 bits per heavy atom. The Morgan fingerprint density at radius 3 is 2.14 bits per heavy atom. The average Bonchev–Trinajstić information content (AvgIpc) is 2.53. The van der Waals surface area contributed by atoms with Gasteiger partial charge in [0.15, 0.2) is 0 Å². The Morgan fingerprint density at radius 1 is 1.00 bits per heavy atom. The van der Waals surface area contributed by atoms with Crippen LogP contribution in [-0.4, -0.2) is 36.5 Å². The summed E-state index contributed by atoms with van der Waals surface area (Å²) in [5.41, 5.74) is 5.24. The molecule has 1 aliphatic carbocycles. The molecule has 1 heterocycles. The Balaban J connectivity index is 1.63. The van der Waals surface area contributed by atoms with Crippen LogP contribution >= 0.6 is 0 Å². The van der Waals surface area contributed by atoms with E-state index in [0.29, 0.717) is 18.3 Å². The molecule has 0 bridgehead atoms. The fourth-order valence-electron chi connectivity index (χ4n) is 3.81. The maximum atomic E-state index is 12.2. The number of nitrogens with two attached hydrogens (primary N) is 1. The van der Waals surface area contributed by atoms with Crippen LogP contribution < -0.4 is 11.1 Å². The standard InChI is InChI=1S/C17H31N3O2/c1-2-13-3-5-15(6-4-13)12-19-17(22)20-9-7-14(8-10-20)11-16(18)21/h13-15H,2-12H2,1H3,(H2,18,21)(H,19,22). The van der Waals surface area contributed by atoms with Crippen molar-refractivity contribution in [2.75, 3.05) is 19.6 Å². The van der Waals surface area contributed by atoms with Gasteiger partial charge in [0.1, 0.15) is 0 Å². The molecule has 2 aliphatic rings. The Hall–Kier alpha value is -1.26. The van der Waals surface area contributed by atoms with E-state index in [0.717, 1.165) is 38.4 Å². The number of likely N-dealkylation sites (tertiary alicyclic amines) is 1. The summed E-state index contributed by atoms with van der Waals surface area (Å²) < 4.78 is 0. The number of rotatable bonds is 5. The van der Waals surface area contributed by atoms with Crippen molar-refractivity contribution < 1.29 is 9.59 Å². The van der Waals surface area contributed by atoms with Crippen molar-refractivity contribution in [2.45, 2.75) is 58.3 Å². The van der Waals surface area contributed by atoms with Crippen LogP contribution in [-0.2, 0) is 4.79 Å². The minimum Gasteiger partial charge on any atom is -0.370 e. The van der Waals surface area contributed by atoms with Gasteiger partial charge >= 0.3 is 6.03 Å². The van der Waals surface area contributed by atoms with E-state index in [2.05, 4.69) is 12.2 Å². The van der Waals surface area contributed by atoms with Crippen molar-refractivity contribution in [3.63, 3.8) is 0 Å². The van der Waals surface area contributed by atoms with Crippen LogP contribution in [0.5, 0.6) is 0 Å². The Labute approximate surface area is 134 Å². The van der Waals surface area contributed by atoms with E-state index < -0.39 is 0 Å². The molecule has 5 heteroatoms. The molecule has 2 rings (SSSR count). The van der Waals surface area contributed by atoms with E-state index in [4.69, 9.17) is 5.73 Å². The summed E-state index contributed by atoms with van der Waals surface area (Å²) in [4.78, 5) is 25.0. The maximum absolute atomic E-state index is 12.2. The number of amides is 3. The first-order valence-corrected chi connectivity index (χ1v) is 8.89. The van der Waals surface area contributed by atoms with Crippen molar-refractivity contribution in [2.24, 2.45) is 23.5 Å². The Bertz CT molecular complexity index is 370. The number of piperidine rings is 1. The van der Waals surface area contributed by atoms with E-state index in [-0.39, 0.29) is 11.9 Å². The molecule has 0 radical (unpaired) electrons. The molecule has 0 aromatic carbocycles. The largest absolute Gasteiger partial charge is 0.370 e. The highest BCUT2D eigenvalue weighted by molar-refractivity contribution is 5.75. The van der Waals surface area contributed by atoms with Gasteiger partial charge in [0.05, 0.1) is 0 Å². The van der Waals surface area contributed by atoms with Crippen LogP contribution in [0, 0.1) is 17.8 Å². The minimum atomic E-state index is -0.231. The fourth-order valence-corrected chi connectivity index (χ4v) is 3.81.